The van der Waals surface area contributed by atoms with Crippen molar-refractivity contribution < 1.29 is 104 Å². The van der Waals surface area contributed by atoms with Gasteiger partial charge in [-0.2, -0.15) is 0 Å². The summed E-state index contributed by atoms with van der Waals surface area (Å²) in [4.78, 5) is 102. The predicted octanol–water partition coefficient (Wildman–Crippen LogP) is -6.55. The van der Waals surface area contributed by atoms with Crippen LogP contribution >= 0.6 is 0 Å². The number of nitrogens with zero attached hydrogens (tertiary/aromatic N) is 3. The fourth-order valence-corrected chi connectivity index (χ4v) is 3.26. The number of aliphatic carboxylic acids is 3. The molecule has 22 heteroatoms. The van der Waals surface area contributed by atoms with E-state index in [-0.39, 0.29) is 56.3 Å². The Bertz CT molecular complexity index is 950. The molecule has 299 valence electrons. The second-order valence-electron chi connectivity index (χ2n) is 9.76. The molecule has 3 amide bonds. The van der Waals surface area contributed by atoms with E-state index in [1.165, 1.54) is 57.4 Å². The third-order valence-corrected chi connectivity index (χ3v) is 6.07. The minimum Gasteiger partial charge on any atom is -0.542 e. The van der Waals surface area contributed by atoms with Gasteiger partial charge < -0.3 is 72.8 Å². The summed E-state index contributed by atoms with van der Waals surface area (Å²) >= 11 is 0. The van der Waals surface area contributed by atoms with Crippen LogP contribution in [0.25, 0.3) is 0 Å². The van der Waals surface area contributed by atoms with E-state index in [9.17, 15) is 58.5 Å². The average Bonchev–Trinajstić information content (AvgIpc) is 3.08. The van der Waals surface area contributed by atoms with Gasteiger partial charge in [-0.15, -0.1) is 0 Å². The molecule has 0 fully saturated rings. The van der Waals surface area contributed by atoms with E-state index in [2.05, 4.69) is 0 Å². The van der Waals surface area contributed by atoms with Crippen LogP contribution in [0.1, 0.15) is 19.3 Å². The van der Waals surface area contributed by atoms with Crippen molar-refractivity contribution in [3.8, 4) is 0 Å². The van der Waals surface area contributed by atoms with Crippen molar-refractivity contribution in [3.63, 3.8) is 0 Å². The van der Waals surface area contributed by atoms with Gasteiger partial charge in [-0.3, -0.25) is 28.8 Å². The maximum absolute atomic E-state index is 11.6. The Morgan fingerprint density at radius 2 is 0.519 bits per heavy atom. The maximum atomic E-state index is 11.6. The van der Waals surface area contributed by atoms with Gasteiger partial charge in [0.05, 0.1) is 58.9 Å². The third-order valence-electron chi connectivity index (χ3n) is 6.07. The molecular formula is C30H48FeN3O18. The van der Waals surface area contributed by atoms with Crippen molar-refractivity contribution in [3.05, 3.63) is 0 Å². The van der Waals surface area contributed by atoms with Crippen LogP contribution in [0.2, 0.25) is 0 Å². The fourth-order valence-electron chi connectivity index (χ4n) is 3.26. The second kappa shape index (κ2) is 35.5. The zero-order chi connectivity index (χ0) is 39.8. The summed E-state index contributed by atoms with van der Waals surface area (Å²) in [5, 5.41) is 30.6. The normalized spacial score (nSPS) is 9.81. The number of methoxy groups -OCH3 is 6. The topological polar surface area (TPSA) is 288 Å². The van der Waals surface area contributed by atoms with Crippen LogP contribution < -0.4 is 15.3 Å². The Morgan fingerprint density at radius 1 is 0.365 bits per heavy atom. The van der Waals surface area contributed by atoms with Crippen molar-refractivity contribution in [2.45, 2.75) is 19.3 Å². The standard InChI is InChI=1S/3C10H17NO6.Fe/c3*1-16-5-3-11(4-6-17-2)9(13)7-8(12)10(14)15;/h3*3-7H2,1-2H3,(H,14,15);/q;;;+3/p-3. The van der Waals surface area contributed by atoms with Crippen molar-refractivity contribution in [2.75, 3.05) is 122 Å². The molecule has 0 saturated heterocycles. The summed E-state index contributed by atoms with van der Waals surface area (Å²) in [6, 6.07) is 0. The van der Waals surface area contributed by atoms with Crippen LogP contribution in [0.3, 0.4) is 0 Å². The Morgan fingerprint density at radius 3 is 0.635 bits per heavy atom. The minimum atomic E-state index is -1.85. The van der Waals surface area contributed by atoms with Gasteiger partial charge >= 0.3 is 17.1 Å². The van der Waals surface area contributed by atoms with Crippen molar-refractivity contribution in [1.29, 1.82) is 0 Å². The number of hydrogen-bond donors (Lipinski definition) is 0. The number of hydrogen-bond acceptors (Lipinski definition) is 18. The number of rotatable bonds is 27. The molecule has 0 aliphatic carbocycles. The van der Waals surface area contributed by atoms with Gasteiger partial charge in [0.2, 0.25) is 17.7 Å². The first-order valence-corrected chi connectivity index (χ1v) is 15.1. The Hall–Kier alpha value is -3.89. The van der Waals surface area contributed by atoms with Crippen molar-refractivity contribution >= 4 is 53.0 Å². The van der Waals surface area contributed by atoms with Crippen molar-refractivity contribution in [2.24, 2.45) is 0 Å². The number of Topliss-reactive ketones (excluding diaryl/α,β-unsaturated/α-hetero) is 3. The van der Waals surface area contributed by atoms with Gasteiger partial charge in [0.1, 0.15) is 17.9 Å². The molecule has 0 unspecified atom stereocenters. The Labute approximate surface area is 312 Å². The molecule has 0 aliphatic heterocycles. The van der Waals surface area contributed by atoms with E-state index in [0.717, 1.165) is 0 Å². The Balaban J connectivity index is -0.000000329. The smallest absolute Gasteiger partial charge is 0.542 e. The average molecular weight is 795 g/mol. The van der Waals surface area contributed by atoms with Crippen LogP contribution in [-0.2, 0) is 88.6 Å². The molecule has 0 aliphatic rings. The van der Waals surface area contributed by atoms with E-state index >= 15 is 0 Å². The molecule has 0 bridgehead atoms. The molecule has 0 rings (SSSR count). The van der Waals surface area contributed by atoms with E-state index in [0.29, 0.717) is 39.6 Å². The number of carboxylic acids is 3. The molecule has 1 radical (unpaired) electrons. The zero-order valence-electron chi connectivity index (χ0n) is 30.2. The molecular weight excluding hydrogens is 746 g/mol. The number of ether oxygens (including phenoxy) is 6. The summed E-state index contributed by atoms with van der Waals surface area (Å²) < 4.78 is 28.8. The first kappa shape index (κ1) is 54.9. The third kappa shape index (κ3) is 29.8. The van der Waals surface area contributed by atoms with Gasteiger partial charge in [-0.05, 0) is 0 Å². The Kier molecular flexibility index (Phi) is 37.5. The zero-order valence-corrected chi connectivity index (χ0v) is 31.3. The fraction of sp³-hybridized carbons (Fsp3) is 0.700. The van der Waals surface area contributed by atoms with E-state index < -0.39 is 72.2 Å². The quantitative estimate of drug-likeness (QED) is 0.0424. The summed E-state index contributed by atoms with van der Waals surface area (Å²) in [7, 11) is 8.86. The molecule has 0 saturated carbocycles. The van der Waals surface area contributed by atoms with E-state index in [1.807, 2.05) is 0 Å². The summed E-state index contributed by atoms with van der Waals surface area (Å²) in [5.41, 5.74) is 0. The molecule has 52 heavy (non-hydrogen) atoms. The molecule has 0 aromatic carbocycles. The van der Waals surface area contributed by atoms with Gasteiger partial charge in [-0.25, -0.2) is 0 Å². The first-order valence-electron chi connectivity index (χ1n) is 15.1. The number of amides is 3. The van der Waals surface area contributed by atoms with Crippen LogP contribution in [0, 0.1) is 0 Å². The molecule has 0 atom stereocenters. The van der Waals surface area contributed by atoms with Gasteiger partial charge in [-0.1, -0.05) is 0 Å². The van der Waals surface area contributed by atoms with Crippen LogP contribution in [0.4, 0.5) is 0 Å². The van der Waals surface area contributed by atoms with Crippen LogP contribution in [-0.4, -0.2) is 189 Å². The maximum Gasteiger partial charge on any atom is 3.00 e. The number of carbonyl (C=O) groups excluding carboxylic acids is 9. The van der Waals surface area contributed by atoms with Crippen molar-refractivity contribution in [1.82, 2.24) is 14.7 Å². The van der Waals surface area contributed by atoms with Crippen LogP contribution in [0.5, 0.6) is 0 Å². The monoisotopic (exact) mass is 794 g/mol. The largest absolute Gasteiger partial charge is 3.00 e. The summed E-state index contributed by atoms with van der Waals surface area (Å²) in [6.45, 7) is 3.46. The molecule has 0 aromatic rings. The number of carboxylic acid groups (broad SMARTS) is 3. The van der Waals surface area contributed by atoms with Gasteiger partial charge in [0.25, 0.3) is 0 Å². The van der Waals surface area contributed by atoms with E-state index in [4.69, 9.17) is 28.4 Å². The molecule has 21 nitrogen and oxygen atoms in total. The molecule has 0 aromatic heterocycles. The predicted molar refractivity (Wildman–Crippen MR) is 165 cm³/mol. The molecule has 0 heterocycles. The van der Waals surface area contributed by atoms with Crippen LogP contribution in [0.15, 0.2) is 0 Å². The van der Waals surface area contributed by atoms with Gasteiger partial charge in [0.15, 0.2) is 17.3 Å². The summed E-state index contributed by atoms with van der Waals surface area (Å²) in [6.07, 6.45) is -2.10. The summed E-state index contributed by atoms with van der Waals surface area (Å²) in [5.74, 6) is -11.0. The second-order valence-corrected chi connectivity index (χ2v) is 9.76. The SMILES string of the molecule is COCCN(CCOC)C(=O)CC(=O)C(=O)[O-].COCCN(CCOC)C(=O)CC(=O)C(=O)[O-].COCCN(CCOC)C(=O)CC(=O)C(=O)[O-].[Fe+3]. The van der Waals surface area contributed by atoms with E-state index in [1.54, 1.807) is 0 Å². The number of carbonyl (C=O) groups is 9. The number of ketones is 3. The molecule has 0 N–H and O–H groups in total. The van der Waals surface area contributed by atoms with Gasteiger partial charge in [0, 0.05) is 81.9 Å². The first-order chi connectivity index (χ1) is 24.1. The molecule has 0 spiro atoms. The minimum absolute atomic E-state index is 0.